The molecule has 0 bridgehead atoms. The van der Waals surface area contributed by atoms with Crippen LogP contribution in [0.15, 0.2) is 59.4 Å². The van der Waals surface area contributed by atoms with Crippen LogP contribution >= 0.6 is 0 Å². The molecule has 3 aromatic rings. The van der Waals surface area contributed by atoms with E-state index in [4.69, 9.17) is 16.9 Å². The third-order valence-electron chi connectivity index (χ3n) is 5.07. The largest absolute Gasteiger partial charge is 0.399 e. The molecule has 0 aliphatic rings. The third kappa shape index (κ3) is 6.00. The topological polar surface area (TPSA) is 139 Å². The zero-order chi connectivity index (χ0) is 24.1. The molecular weight excluding hydrogens is 416 g/mol. The zero-order valence-electron chi connectivity index (χ0n) is 19.1. The van der Waals surface area contributed by atoms with Crippen molar-refractivity contribution in [1.82, 2.24) is 9.88 Å². The van der Waals surface area contributed by atoms with Crippen LogP contribution in [-0.4, -0.2) is 22.2 Å². The van der Waals surface area contributed by atoms with Gasteiger partial charge in [0.05, 0.1) is 5.69 Å². The quantitative estimate of drug-likeness (QED) is 0.267. The molecule has 0 fully saturated rings. The lowest BCUT2D eigenvalue weighted by Gasteiger charge is -2.17. The van der Waals surface area contributed by atoms with Crippen LogP contribution in [0.2, 0.25) is 0 Å². The summed E-state index contributed by atoms with van der Waals surface area (Å²) in [6.45, 7) is 5.76. The number of amides is 1. The maximum absolute atomic E-state index is 13.2. The van der Waals surface area contributed by atoms with Gasteiger partial charge >= 0.3 is 0 Å². The van der Waals surface area contributed by atoms with Crippen LogP contribution < -0.4 is 27.7 Å². The van der Waals surface area contributed by atoms with Crippen LogP contribution in [0.4, 0.5) is 17.1 Å². The molecule has 0 unspecified atom stereocenters. The van der Waals surface area contributed by atoms with Gasteiger partial charge in [-0.2, -0.15) is 0 Å². The fourth-order valence-corrected chi connectivity index (χ4v) is 3.51. The number of aromatic nitrogens is 1. The van der Waals surface area contributed by atoms with Crippen molar-refractivity contribution >= 4 is 28.7 Å². The molecule has 0 saturated heterocycles. The highest BCUT2D eigenvalue weighted by molar-refractivity contribution is 5.96. The van der Waals surface area contributed by atoms with Crippen molar-refractivity contribution in [2.75, 3.05) is 16.8 Å². The first kappa shape index (κ1) is 23.6. The van der Waals surface area contributed by atoms with E-state index in [1.807, 2.05) is 38.1 Å². The van der Waals surface area contributed by atoms with E-state index in [-0.39, 0.29) is 24.1 Å². The van der Waals surface area contributed by atoms with Crippen LogP contribution in [0.3, 0.4) is 0 Å². The molecule has 0 spiro atoms. The maximum atomic E-state index is 13.2. The van der Waals surface area contributed by atoms with Gasteiger partial charge in [0, 0.05) is 35.2 Å². The van der Waals surface area contributed by atoms with Crippen molar-refractivity contribution in [1.29, 1.82) is 5.41 Å². The fourth-order valence-electron chi connectivity index (χ4n) is 3.51. The van der Waals surface area contributed by atoms with Crippen molar-refractivity contribution in [3.05, 3.63) is 76.1 Å². The summed E-state index contributed by atoms with van der Waals surface area (Å²) < 4.78 is 1.43. The predicted molar refractivity (Wildman–Crippen MR) is 135 cm³/mol. The first-order valence-electron chi connectivity index (χ1n) is 10.7. The normalized spacial score (nSPS) is 10.8. The number of nitrogens with one attached hydrogen (secondary N) is 3. The number of carbonyl (C=O) groups excluding carboxylic acids is 1. The van der Waals surface area contributed by atoms with Gasteiger partial charge in [-0.25, -0.2) is 0 Å². The van der Waals surface area contributed by atoms with Crippen LogP contribution in [0.1, 0.15) is 31.9 Å². The van der Waals surface area contributed by atoms with Crippen molar-refractivity contribution < 1.29 is 4.79 Å². The molecule has 3 rings (SSSR count). The summed E-state index contributed by atoms with van der Waals surface area (Å²) in [5.41, 5.74) is 16.4. The van der Waals surface area contributed by atoms with Crippen molar-refractivity contribution in [3.8, 4) is 11.3 Å². The molecular formula is C25H30N6O2. The van der Waals surface area contributed by atoms with Gasteiger partial charge in [-0.15, -0.1) is 0 Å². The summed E-state index contributed by atoms with van der Waals surface area (Å²) in [6, 6.07) is 16.1. The molecule has 1 aromatic heterocycles. The van der Waals surface area contributed by atoms with Crippen LogP contribution in [-0.2, 0) is 17.9 Å². The lowest BCUT2D eigenvalue weighted by molar-refractivity contribution is -0.121. The first-order chi connectivity index (χ1) is 15.6. The number of nitrogens with zero attached hydrogens (tertiary/aromatic N) is 1. The standard InChI is InChI=1S/C25H30N6O2/c1-15(2)30-22-8-9-23(19-10-20(27)12-21(28)11-19)31(25(22)33)14-24(32)29-13-17-4-6-18(7-5-17)16(3)26/h4-12,15,26,30H,13-14,27-28H2,1-3H3,(H,29,32). The smallest absolute Gasteiger partial charge is 0.274 e. The molecule has 0 aliphatic carbocycles. The first-order valence-corrected chi connectivity index (χ1v) is 10.7. The molecule has 7 N–H and O–H groups in total. The van der Waals surface area contributed by atoms with Crippen molar-refractivity contribution in [2.24, 2.45) is 0 Å². The Morgan fingerprint density at radius 1 is 1.03 bits per heavy atom. The van der Waals surface area contributed by atoms with Gasteiger partial charge in [-0.3, -0.25) is 14.2 Å². The number of rotatable bonds is 8. The Labute approximate surface area is 193 Å². The number of nitrogens with two attached hydrogens (primary N) is 2. The lowest BCUT2D eigenvalue weighted by Crippen LogP contribution is -2.34. The molecule has 0 saturated carbocycles. The Bertz CT molecular complexity index is 1210. The molecule has 0 aliphatic heterocycles. The molecule has 172 valence electrons. The Kier molecular flexibility index (Phi) is 7.17. The highest BCUT2D eigenvalue weighted by atomic mass is 16.2. The average Bonchev–Trinajstić information content (AvgIpc) is 2.74. The molecule has 8 nitrogen and oxygen atoms in total. The molecule has 1 amide bonds. The van der Waals surface area contributed by atoms with Crippen LogP contribution in [0.25, 0.3) is 11.3 Å². The van der Waals surface area contributed by atoms with E-state index in [0.717, 1.165) is 11.1 Å². The molecule has 8 heteroatoms. The molecule has 0 atom stereocenters. The van der Waals surface area contributed by atoms with E-state index in [0.29, 0.717) is 40.6 Å². The molecule has 33 heavy (non-hydrogen) atoms. The molecule has 2 aromatic carbocycles. The average molecular weight is 447 g/mol. The summed E-state index contributed by atoms with van der Waals surface area (Å²) >= 11 is 0. The van der Waals surface area contributed by atoms with Crippen molar-refractivity contribution in [2.45, 2.75) is 39.9 Å². The number of hydrogen-bond donors (Lipinski definition) is 5. The number of anilines is 3. The fraction of sp³-hybridized carbons (Fsp3) is 0.240. The van der Waals surface area contributed by atoms with Gasteiger partial charge in [0.1, 0.15) is 12.2 Å². The van der Waals surface area contributed by atoms with E-state index >= 15 is 0 Å². The second-order valence-corrected chi connectivity index (χ2v) is 8.31. The number of carbonyl (C=O) groups is 1. The Morgan fingerprint density at radius 2 is 1.67 bits per heavy atom. The van der Waals surface area contributed by atoms with Crippen LogP contribution in [0, 0.1) is 5.41 Å². The second-order valence-electron chi connectivity index (χ2n) is 8.31. The summed E-state index contributed by atoms with van der Waals surface area (Å²) in [6.07, 6.45) is 0. The SMILES string of the molecule is CC(=N)c1ccc(CNC(=O)Cn2c(-c3cc(N)cc(N)c3)ccc(NC(C)C)c2=O)cc1. The maximum Gasteiger partial charge on any atom is 0.274 e. The van der Waals surface area contributed by atoms with Gasteiger partial charge in [-0.1, -0.05) is 24.3 Å². The van der Waals surface area contributed by atoms with Gasteiger partial charge < -0.3 is 27.5 Å². The number of nitrogen functional groups attached to an aromatic ring is 2. The second kappa shape index (κ2) is 10.0. The number of hydrogen-bond acceptors (Lipinski definition) is 6. The highest BCUT2D eigenvalue weighted by Gasteiger charge is 2.15. The highest BCUT2D eigenvalue weighted by Crippen LogP contribution is 2.25. The van der Waals surface area contributed by atoms with E-state index in [1.165, 1.54) is 4.57 Å². The minimum atomic E-state index is -0.303. The summed E-state index contributed by atoms with van der Waals surface area (Å²) in [5.74, 6) is -0.302. The van der Waals surface area contributed by atoms with Crippen molar-refractivity contribution in [3.63, 3.8) is 0 Å². The zero-order valence-corrected chi connectivity index (χ0v) is 19.1. The summed E-state index contributed by atoms with van der Waals surface area (Å²) in [5, 5.41) is 13.7. The van der Waals surface area contributed by atoms with Gasteiger partial charge in [0.25, 0.3) is 5.56 Å². The molecule has 1 heterocycles. The summed E-state index contributed by atoms with van der Waals surface area (Å²) in [4.78, 5) is 26.0. The van der Waals surface area contributed by atoms with E-state index in [2.05, 4.69) is 10.6 Å². The van der Waals surface area contributed by atoms with Gasteiger partial charge in [0.15, 0.2) is 0 Å². The minimum Gasteiger partial charge on any atom is -0.399 e. The van der Waals surface area contributed by atoms with Gasteiger partial charge in [0.2, 0.25) is 5.91 Å². The monoisotopic (exact) mass is 446 g/mol. The predicted octanol–water partition coefficient (Wildman–Crippen LogP) is 3.20. The van der Waals surface area contributed by atoms with Crippen LogP contribution in [0.5, 0.6) is 0 Å². The lowest BCUT2D eigenvalue weighted by atomic mass is 10.1. The Hall–Kier alpha value is -4.07. The Morgan fingerprint density at radius 3 is 2.24 bits per heavy atom. The van der Waals surface area contributed by atoms with E-state index in [9.17, 15) is 9.59 Å². The third-order valence-corrected chi connectivity index (χ3v) is 5.07. The van der Waals surface area contributed by atoms with E-state index < -0.39 is 0 Å². The minimum absolute atomic E-state index is 0.0569. The van der Waals surface area contributed by atoms with Gasteiger partial charge in [-0.05, 0) is 62.2 Å². The van der Waals surface area contributed by atoms with E-state index in [1.54, 1.807) is 37.3 Å². The number of pyridine rings is 1. The molecule has 0 radical (unpaired) electrons. The summed E-state index contributed by atoms with van der Waals surface area (Å²) in [7, 11) is 0. The Balaban J connectivity index is 1.88. The number of benzene rings is 2.